The maximum atomic E-state index is 13.5. The third-order valence-corrected chi connectivity index (χ3v) is 6.82. The van der Waals surface area contributed by atoms with E-state index in [-0.39, 0.29) is 11.7 Å². The van der Waals surface area contributed by atoms with Crippen LogP contribution in [0.4, 0.5) is 4.39 Å². The van der Waals surface area contributed by atoms with Crippen LogP contribution in [-0.4, -0.2) is 26.0 Å². The molecule has 0 saturated heterocycles. The van der Waals surface area contributed by atoms with Gasteiger partial charge in [0.2, 0.25) is 0 Å². The summed E-state index contributed by atoms with van der Waals surface area (Å²) in [5.41, 5.74) is 5.65. The number of methoxy groups -OCH3 is 1. The van der Waals surface area contributed by atoms with Crippen molar-refractivity contribution in [2.75, 3.05) is 14.2 Å². The van der Waals surface area contributed by atoms with Gasteiger partial charge in [-0.1, -0.05) is 35.9 Å². The third-order valence-electron chi connectivity index (χ3n) is 6.49. The summed E-state index contributed by atoms with van der Waals surface area (Å²) < 4.78 is 24.7. The number of rotatable bonds is 5. The summed E-state index contributed by atoms with van der Waals surface area (Å²) in [6.45, 7) is 1.94. The van der Waals surface area contributed by atoms with Gasteiger partial charge in [-0.25, -0.2) is 9.18 Å². The van der Waals surface area contributed by atoms with Crippen LogP contribution >= 0.6 is 11.6 Å². The molecule has 0 fully saturated rings. The standard InChI is InChI=1S/C31H23ClFNO4/c1-17-14-23(21-6-4-5-7-26(21)32)24(31(36)37-3)16-22(17)19-10-13-27-25(15-19)28(30(35)34-2)29(38-27)18-8-11-20(33)12-9-18/h4-16H,1-3H3,(H,34,35). The number of fused-ring (bicyclic) bond motifs is 1. The Morgan fingerprint density at radius 3 is 2.29 bits per heavy atom. The van der Waals surface area contributed by atoms with Crippen LogP contribution in [-0.2, 0) is 4.74 Å². The van der Waals surface area contributed by atoms with E-state index in [1.165, 1.54) is 19.2 Å². The molecular formula is C31H23ClFNO4. The van der Waals surface area contributed by atoms with Gasteiger partial charge in [0.1, 0.15) is 17.2 Å². The molecule has 0 atom stereocenters. The lowest BCUT2D eigenvalue weighted by molar-refractivity contribution is 0.0601. The van der Waals surface area contributed by atoms with Crippen LogP contribution in [0.15, 0.2) is 83.3 Å². The largest absolute Gasteiger partial charge is 0.465 e. The van der Waals surface area contributed by atoms with Crippen molar-refractivity contribution in [1.82, 2.24) is 5.32 Å². The highest BCUT2D eigenvalue weighted by Crippen LogP contribution is 2.39. The van der Waals surface area contributed by atoms with Crippen LogP contribution in [0.5, 0.6) is 0 Å². The number of furan rings is 1. The lowest BCUT2D eigenvalue weighted by Gasteiger charge is -2.15. The van der Waals surface area contributed by atoms with Gasteiger partial charge >= 0.3 is 5.97 Å². The van der Waals surface area contributed by atoms with E-state index in [0.29, 0.717) is 44.0 Å². The van der Waals surface area contributed by atoms with Gasteiger partial charge in [0.25, 0.3) is 5.91 Å². The second kappa shape index (κ2) is 10.1. The number of benzene rings is 4. The van der Waals surface area contributed by atoms with Gasteiger partial charge in [-0.15, -0.1) is 0 Å². The number of carbonyl (C=O) groups is 2. The second-order valence-corrected chi connectivity index (χ2v) is 9.19. The topological polar surface area (TPSA) is 68.5 Å². The summed E-state index contributed by atoms with van der Waals surface area (Å²) in [4.78, 5) is 25.8. The van der Waals surface area contributed by atoms with Crippen LogP contribution in [0, 0.1) is 12.7 Å². The van der Waals surface area contributed by atoms with Crippen LogP contribution in [0.2, 0.25) is 5.02 Å². The molecular weight excluding hydrogens is 505 g/mol. The zero-order chi connectivity index (χ0) is 27.0. The van der Waals surface area contributed by atoms with Gasteiger partial charge in [-0.2, -0.15) is 0 Å². The minimum absolute atomic E-state index is 0.332. The van der Waals surface area contributed by atoms with Crippen molar-refractivity contribution >= 4 is 34.4 Å². The van der Waals surface area contributed by atoms with Gasteiger partial charge in [0.15, 0.2) is 0 Å². The molecule has 5 aromatic rings. The zero-order valence-corrected chi connectivity index (χ0v) is 21.7. The van der Waals surface area contributed by atoms with Crippen molar-refractivity contribution in [1.29, 1.82) is 0 Å². The first-order valence-corrected chi connectivity index (χ1v) is 12.2. The fourth-order valence-electron chi connectivity index (χ4n) is 4.62. The lowest BCUT2D eigenvalue weighted by Crippen LogP contribution is -2.18. The molecule has 1 N–H and O–H groups in total. The minimum Gasteiger partial charge on any atom is -0.465 e. The molecule has 0 aliphatic carbocycles. The van der Waals surface area contributed by atoms with Crippen molar-refractivity contribution in [2.45, 2.75) is 6.92 Å². The van der Waals surface area contributed by atoms with E-state index in [0.717, 1.165) is 22.3 Å². The van der Waals surface area contributed by atoms with Crippen molar-refractivity contribution < 1.29 is 23.1 Å². The number of esters is 1. The molecule has 190 valence electrons. The molecule has 5 rings (SSSR count). The summed E-state index contributed by atoms with van der Waals surface area (Å²) in [5.74, 6) is -0.861. The first-order chi connectivity index (χ1) is 18.3. The number of aryl methyl sites for hydroxylation is 1. The molecule has 1 amide bonds. The lowest BCUT2D eigenvalue weighted by atomic mass is 9.90. The average molecular weight is 528 g/mol. The van der Waals surface area contributed by atoms with E-state index in [4.69, 9.17) is 20.8 Å². The first kappa shape index (κ1) is 25.2. The number of carbonyl (C=O) groups excluding carboxylic acids is 2. The van der Waals surface area contributed by atoms with E-state index in [1.54, 1.807) is 37.4 Å². The monoisotopic (exact) mass is 527 g/mol. The molecule has 0 spiro atoms. The highest BCUT2D eigenvalue weighted by Gasteiger charge is 2.23. The first-order valence-electron chi connectivity index (χ1n) is 11.8. The summed E-state index contributed by atoms with van der Waals surface area (Å²) in [5, 5.41) is 3.78. The van der Waals surface area contributed by atoms with Crippen molar-refractivity contribution in [3.63, 3.8) is 0 Å². The quantitative estimate of drug-likeness (QED) is 0.238. The Morgan fingerprint density at radius 1 is 0.895 bits per heavy atom. The summed E-state index contributed by atoms with van der Waals surface area (Å²) in [6, 6.07) is 22.3. The molecule has 0 aliphatic rings. The Kier molecular flexibility index (Phi) is 6.74. The maximum Gasteiger partial charge on any atom is 0.338 e. The molecule has 7 heteroatoms. The summed E-state index contributed by atoms with van der Waals surface area (Å²) in [7, 11) is 2.88. The van der Waals surface area contributed by atoms with E-state index in [9.17, 15) is 14.0 Å². The SMILES string of the molecule is CNC(=O)c1c(-c2ccc(F)cc2)oc2ccc(-c3cc(C(=O)OC)c(-c4ccccc4Cl)cc3C)cc12. The molecule has 0 unspecified atom stereocenters. The summed E-state index contributed by atoms with van der Waals surface area (Å²) in [6.07, 6.45) is 0. The minimum atomic E-state index is -0.491. The smallest absolute Gasteiger partial charge is 0.338 e. The van der Waals surface area contributed by atoms with Crippen molar-refractivity contribution in [3.05, 3.63) is 106 Å². The van der Waals surface area contributed by atoms with Gasteiger partial charge in [-0.3, -0.25) is 4.79 Å². The molecule has 0 radical (unpaired) electrons. The molecule has 1 heterocycles. The third kappa shape index (κ3) is 4.44. The molecule has 0 aliphatic heterocycles. The number of halogens is 2. The molecule has 4 aromatic carbocycles. The predicted molar refractivity (Wildman–Crippen MR) is 147 cm³/mol. The number of hydrogen-bond acceptors (Lipinski definition) is 4. The predicted octanol–water partition coefficient (Wildman–Crippen LogP) is 7.68. The van der Waals surface area contributed by atoms with Crippen LogP contribution in [0.25, 0.3) is 44.5 Å². The van der Waals surface area contributed by atoms with E-state index in [1.807, 2.05) is 43.3 Å². The van der Waals surface area contributed by atoms with Gasteiger partial charge in [0.05, 0.1) is 18.2 Å². The van der Waals surface area contributed by atoms with E-state index < -0.39 is 5.97 Å². The molecule has 0 bridgehead atoms. The van der Waals surface area contributed by atoms with Crippen LogP contribution < -0.4 is 5.32 Å². The summed E-state index contributed by atoms with van der Waals surface area (Å²) >= 11 is 6.45. The zero-order valence-electron chi connectivity index (χ0n) is 20.9. The van der Waals surface area contributed by atoms with Crippen molar-refractivity contribution in [2.24, 2.45) is 0 Å². The number of amides is 1. The Bertz CT molecular complexity index is 1710. The number of nitrogens with one attached hydrogen (secondary N) is 1. The average Bonchev–Trinajstić information content (AvgIpc) is 3.31. The molecule has 0 saturated carbocycles. The Morgan fingerprint density at radius 2 is 1.61 bits per heavy atom. The second-order valence-electron chi connectivity index (χ2n) is 8.79. The van der Waals surface area contributed by atoms with E-state index in [2.05, 4.69) is 5.32 Å². The maximum absolute atomic E-state index is 13.5. The highest BCUT2D eigenvalue weighted by atomic mass is 35.5. The fourth-order valence-corrected chi connectivity index (χ4v) is 4.86. The van der Waals surface area contributed by atoms with Crippen LogP contribution in [0.1, 0.15) is 26.3 Å². The molecule has 1 aromatic heterocycles. The highest BCUT2D eigenvalue weighted by molar-refractivity contribution is 6.33. The van der Waals surface area contributed by atoms with E-state index >= 15 is 0 Å². The van der Waals surface area contributed by atoms with Crippen LogP contribution in [0.3, 0.4) is 0 Å². The molecule has 5 nitrogen and oxygen atoms in total. The number of ether oxygens (including phenoxy) is 1. The fraction of sp³-hybridized carbons (Fsp3) is 0.0968. The Balaban J connectivity index is 1.72. The number of hydrogen-bond donors (Lipinski definition) is 1. The van der Waals surface area contributed by atoms with Gasteiger partial charge < -0.3 is 14.5 Å². The van der Waals surface area contributed by atoms with Gasteiger partial charge in [0, 0.05) is 28.6 Å². The molecule has 38 heavy (non-hydrogen) atoms. The normalized spacial score (nSPS) is 11.0. The van der Waals surface area contributed by atoms with Gasteiger partial charge in [-0.05, 0) is 83.8 Å². The Labute approximate surface area is 223 Å². The Hall–Kier alpha value is -4.42. The van der Waals surface area contributed by atoms with Crippen molar-refractivity contribution in [3.8, 4) is 33.6 Å².